The van der Waals surface area contributed by atoms with E-state index in [0.29, 0.717) is 6.61 Å². The van der Waals surface area contributed by atoms with E-state index in [4.69, 9.17) is 4.74 Å². The minimum absolute atomic E-state index is 0.0189. The molecule has 0 aliphatic carbocycles. The molecule has 0 saturated carbocycles. The number of ether oxygens (including phenoxy) is 1. The lowest BCUT2D eigenvalue weighted by Crippen LogP contribution is -2.08. The highest BCUT2D eigenvalue weighted by Gasteiger charge is 2.11. The molecule has 0 radical (unpaired) electrons. The van der Waals surface area contributed by atoms with Gasteiger partial charge in [0.15, 0.2) is 0 Å². The quantitative estimate of drug-likeness (QED) is 0.477. The number of hydrogen-bond acceptors (Lipinski definition) is 2. The van der Waals surface area contributed by atoms with Crippen LogP contribution in [0.4, 0.5) is 4.39 Å². The summed E-state index contributed by atoms with van der Waals surface area (Å²) in [6.45, 7) is 2.57. The molecular weight excluding hydrogens is 243 g/mol. The molecule has 3 heteroatoms. The fraction of sp³-hybridized carbons (Fsp3) is 0.562. The van der Waals surface area contributed by atoms with Crippen LogP contribution in [0.15, 0.2) is 24.3 Å². The van der Waals surface area contributed by atoms with Gasteiger partial charge in [-0.2, -0.15) is 0 Å². The highest BCUT2D eigenvalue weighted by molar-refractivity contribution is 5.89. The highest BCUT2D eigenvalue weighted by Crippen LogP contribution is 2.10. The molecule has 0 amide bonds. The number of carbonyl (C=O) groups excluding carboxylic acids is 1. The molecule has 0 bridgehead atoms. The zero-order chi connectivity index (χ0) is 13.9. The topological polar surface area (TPSA) is 26.3 Å². The molecule has 1 aromatic carbocycles. The van der Waals surface area contributed by atoms with Gasteiger partial charge in [0.05, 0.1) is 12.2 Å². The highest BCUT2D eigenvalue weighted by atomic mass is 19.1. The molecule has 0 N–H and O–H groups in total. The first-order valence-electron chi connectivity index (χ1n) is 7.17. The molecule has 0 unspecified atom stereocenters. The minimum atomic E-state index is -0.566. The molecule has 0 heterocycles. The SMILES string of the molecule is CCCCCCCCCOC(=O)c1ccccc1F. The molecule has 0 aliphatic rings. The first kappa shape index (κ1) is 15.7. The fourth-order valence-corrected chi connectivity index (χ4v) is 1.93. The number of carbonyl (C=O) groups is 1. The molecule has 106 valence electrons. The van der Waals surface area contributed by atoms with Gasteiger partial charge in [-0.3, -0.25) is 0 Å². The van der Waals surface area contributed by atoms with Crippen LogP contribution in [0, 0.1) is 5.82 Å². The Morgan fingerprint density at radius 2 is 1.68 bits per heavy atom. The molecule has 0 saturated heterocycles. The average molecular weight is 266 g/mol. The Bertz CT molecular complexity index is 377. The maximum absolute atomic E-state index is 13.3. The second kappa shape index (κ2) is 9.54. The standard InChI is InChI=1S/C16H23FO2/c1-2-3-4-5-6-7-10-13-19-16(18)14-11-8-9-12-15(14)17/h8-9,11-12H,2-7,10,13H2,1H3. The van der Waals surface area contributed by atoms with E-state index in [1.807, 2.05) is 0 Å². The van der Waals surface area contributed by atoms with Crippen molar-refractivity contribution < 1.29 is 13.9 Å². The summed E-state index contributed by atoms with van der Waals surface area (Å²) in [6, 6.07) is 5.91. The van der Waals surface area contributed by atoms with Crippen LogP contribution in [0.5, 0.6) is 0 Å². The van der Waals surface area contributed by atoms with Crippen LogP contribution in [0.2, 0.25) is 0 Å². The van der Waals surface area contributed by atoms with Crippen molar-refractivity contribution in [3.05, 3.63) is 35.6 Å². The molecule has 19 heavy (non-hydrogen) atoms. The van der Waals surface area contributed by atoms with Gasteiger partial charge in [0.2, 0.25) is 0 Å². The monoisotopic (exact) mass is 266 g/mol. The molecule has 0 spiro atoms. The van der Waals surface area contributed by atoms with Crippen molar-refractivity contribution >= 4 is 5.97 Å². The zero-order valence-electron chi connectivity index (χ0n) is 11.7. The summed E-state index contributed by atoms with van der Waals surface area (Å²) >= 11 is 0. The Labute approximate surface area is 115 Å². The van der Waals surface area contributed by atoms with Crippen LogP contribution in [-0.2, 0) is 4.74 Å². The van der Waals surface area contributed by atoms with Crippen LogP contribution in [-0.4, -0.2) is 12.6 Å². The van der Waals surface area contributed by atoms with Crippen molar-refractivity contribution in [3.8, 4) is 0 Å². The van der Waals surface area contributed by atoms with Gasteiger partial charge < -0.3 is 4.74 Å². The summed E-state index contributed by atoms with van der Waals surface area (Å²) in [5.74, 6) is -1.09. The second-order valence-electron chi connectivity index (χ2n) is 4.74. The zero-order valence-corrected chi connectivity index (χ0v) is 11.7. The van der Waals surface area contributed by atoms with Gasteiger partial charge >= 0.3 is 5.97 Å². The van der Waals surface area contributed by atoms with Crippen molar-refractivity contribution in [2.75, 3.05) is 6.61 Å². The first-order valence-corrected chi connectivity index (χ1v) is 7.17. The van der Waals surface area contributed by atoms with E-state index in [9.17, 15) is 9.18 Å². The molecule has 0 atom stereocenters. The van der Waals surface area contributed by atoms with E-state index in [0.717, 1.165) is 12.8 Å². The molecule has 1 rings (SSSR count). The normalized spacial score (nSPS) is 10.4. The van der Waals surface area contributed by atoms with Crippen LogP contribution in [0.1, 0.15) is 62.2 Å². The fourth-order valence-electron chi connectivity index (χ4n) is 1.93. The Kier molecular flexibility index (Phi) is 7.87. The summed E-state index contributed by atoms with van der Waals surface area (Å²) in [7, 11) is 0. The Morgan fingerprint density at radius 1 is 1.05 bits per heavy atom. The number of esters is 1. The largest absolute Gasteiger partial charge is 0.462 e. The lowest BCUT2D eigenvalue weighted by Gasteiger charge is -2.05. The van der Waals surface area contributed by atoms with Gasteiger partial charge in [0.25, 0.3) is 0 Å². The molecule has 0 aliphatic heterocycles. The second-order valence-corrected chi connectivity index (χ2v) is 4.74. The van der Waals surface area contributed by atoms with E-state index < -0.39 is 11.8 Å². The van der Waals surface area contributed by atoms with Crippen molar-refractivity contribution in [3.63, 3.8) is 0 Å². The lowest BCUT2D eigenvalue weighted by molar-refractivity contribution is 0.0492. The molecule has 0 aromatic heterocycles. The summed E-state index contributed by atoms with van der Waals surface area (Å²) in [4.78, 5) is 11.6. The van der Waals surface area contributed by atoms with Gasteiger partial charge in [0.1, 0.15) is 5.82 Å². The third-order valence-electron chi connectivity index (χ3n) is 3.07. The third-order valence-corrected chi connectivity index (χ3v) is 3.07. The number of benzene rings is 1. The van der Waals surface area contributed by atoms with Crippen LogP contribution in [0.3, 0.4) is 0 Å². The summed E-state index contributed by atoms with van der Waals surface area (Å²) in [6.07, 6.45) is 8.17. The van der Waals surface area contributed by atoms with Gasteiger partial charge in [-0.05, 0) is 18.6 Å². The van der Waals surface area contributed by atoms with Crippen LogP contribution >= 0.6 is 0 Å². The van der Waals surface area contributed by atoms with E-state index in [1.54, 1.807) is 12.1 Å². The molecule has 0 fully saturated rings. The minimum Gasteiger partial charge on any atom is -0.462 e. The van der Waals surface area contributed by atoms with Crippen molar-refractivity contribution in [2.45, 2.75) is 51.9 Å². The van der Waals surface area contributed by atoms with Gasteiger partial charge in [-0.15, -0.1) is 0 Å². The molecular formula is C16H23FO2. The molecule has 1 aromatic rings. The van der Waals surface area contributed by atoms with Crippen LogP contribution < -0.4 is 0 Å². The maximum atomic E-state index is 13.3. The van der Waals surface area contributed by atoms with E-state index in [2.05, 4.69) is 6.92 Å². The van der Waals surface area contributed by atoms with E-state index in [1.165, 1.54) is 44.2 Å². The van der Waals surface area contributed by atoms with Crippen molar-refractivity contribution in [1.29, 1.82) is 0 Å². The lowest BCUT2D eigenvalue weighted by atomic mass is 10.1. The van der Waals surface area contributed by atoms with Gasteiger partial charge in [-0.25, -0.2) is 9.18 Å². The van der Waals surface area contributed by atoms with Crippen molar-refractivity contribution in [1.82, 2.24) is 0 Å². The van der Waals surface area contributed by atoms with Gasteiger partial charge in [-0.1, -0.05) is 57.6 Å². The summed E-state index contributed by atoms with van der Waals surface area (Å²) in [5.41, 5.74) is 0.0189. The Hall–Kier alpha value is -1.38. The summed E-state index contributed by atoms with van der Waals surface area (Å²) in [5, 5.41) is 0. The molecule has 2 nitrogen and oxygen atoms in total. The van der Waals surface area contributed by atoms with Crippen molar-refractivity contribution in [2.24, 2.45) is 0 Å². The predicted octanol–water partition coefficient (Wildman–Crippen LogP) is 4.73. The maximum Gasteiger partial charge on any atom is 0.341 e. The van der Waals surface area contributed by atoms with Crippen LogP contribution in [0.25, 0.3) is 0 Å². The Balaban J connectivity index is 2.10. The number of unbranched alkanes of at least 4 members (excludes halogenated alkanes) is 6. The number of halogens is 1. The average Bonchev–Trinajstić information content (AvgIpc) is 2.42. The third kappa shape index (κ3) is 6.37. The smallest absolute Gasteiger partial charge is 0.341 e. The first-order chi connectivity index (χ1) is 9.25. The van der Waals surface area contributed by atoms with E-state index in [-0.39, 0.29) is 5.56 Å². The number of rotatable bonds is 9. The van der Waals surface area contributed by atoms with E-state index >= 15 is 0 Å². The predicted molar refractivity (Wildman–Crippen MR) is 74.7 cm³/mol. The van der Waals surface area contributed by atoms with Gasteiger partial charge in [0, 0.05) is 0 Å². The number of hydrogen-bond donors (Lipinski definition) is 0. The Morgan fingerprint density at radius 3 is 2.37 bits per heavy atom. The summed E-state index contributed by atoms with van der Waals surface area (Å²) < 4.78 is 18.3.